The number of aromatic nitrogens is 1. The highest BCUT2D eigenvalue weighted by atomic mass is 16.5. The van der Waals surface area contributed by atoms with Gasteiger partial charge in [-0.15, -0.1) is 0 Å². The molecule has 0 saturated carbocycles. The lowest BCUT2D eigenvalue weighted by molar-refractivity contribution is -0.142. The first-order valence-corrected chi connectivity index (χ1v) is 11.0. The monoisotopic (exact) mass is 473 g/mol. The number of nitrogens with zero attached hydrogens (tertiary/aromatic N) is 2. The maximum Gasteiger partial charge on any atom is 0.349 e. The average molecular weight is 474 g/mol. The Morgan fingerprint density at radius 1 is 1.09 bits per heavy atom. The van der Waals surface area contributed by atoms with E-state index in [1.54, 1.807) is 43.5 Å². The number of benzene rings is 2. The van der Waals surface area contributed by atoms with Crippen molar-refractivity contribution in [3.63, 3.8) is 0 Å². The molecule has 180 valence electrons. The highest BCUT2D eigenvalue weighted by Gasteiger charge is 2.16. The van der Waals surface area contributed by atoms with Gasteiger partial charge in [0.15, 0.2) is 12.4 Å². The Hall–Kier alpha value is -4.35. The Balaban J connectivity index is 1.63. The first-order chi connectivity index (χ1) is 16.9. The molecule has 1 amide bonds. The number of nitrogens with one attached hydrogen (secondary N) is 1. The summed E-state index contributed by atoms with van der Waals surface area (Å²) in [5.41, 5.74) is 2.83. The number of methoxy groups -OCH3 is 1. The molecule has 1 heterocycles. The van der Waals surface area contributed by atoms with E-state index in [0.29, 0.717) is 30.3 Å². The van der Waals surface area contributed by atoms with Crippen LogP contribution in [0.3, 0.4) is 0 Å². The molecule has 0 atom stereocenters. The summed E-state index contributed by atoms with van der Waals surface area (Å²) in [5.74, 6) is -0.374. The second-order valence-corrected chi connectivity index (χ2v) is 7.68. The summed E-state index contributed by atoms with van der Waals surface area (Å²) < 4.78 is 18.1. The van der Waals surface area contributed by atoms with Crippen LogP contribution in [0.25, 0.3) is 6.08 Å². The van der Waals surface area contributed by atoms with E-state index in [2.05, 4.69) is 5.32 Å². The number of esters is 1. The van der Waals surface area contributed by atoms with Gasteiger partial charge in [0.05, 0.1) is 12.3 Å². The fourth-order valence-electron chi connectivity index (χ4n) is 3.46. The zero-order valence-corrected chi connectivity index (χ0v) is 19.9. The molecule has 0 fully saturated rings. The summed E-state index contributed by atoms with van der Waals surface area (Å²) in [4.78, 5) is 24.9. The molecule has 3 aromatic rings. The molecule has 1 aromatic heterocycles. The van der Waals surface area contributed by atoms with Crippen LogP contribution in [0, 0.1) is 25.2 Å². The van der Waals surface area contributed by atoms with Crippen LogP contribution in [0.4, 0.5) is 5.69 Å². The molecule has 3 rings (SSSR count). The van der Waals surface area contributed by atoms with Crippen LogP contribution in [-0.2, 0) is 25.6 Å². The smallest absolute Gasteiger partial charge is 0.349 e. The van der Waals surface area contributed by atoms with Crippen molar-refractivity contribution >= 4 is 23.6 Å². The van der Waals surface area contributed by atoms with Gasteiger partial charge in [-0.1, -0.05) is 30.3 Å². The van der Waals surface area contributed by atoms with Crippen LogP contribution in [0.15, 0.2) is 66.2 Å². The Morgan fingerprint density at radius 2 is 1.80 bits per heavy atom. The van der Waals surface area contributed by atoms with Crippen LogP contribution >= 0.6 is 0 Å². The number of hydrogen-bond donors (Lipinski definition) is 1. The number of ether oxygens (including phenoxy) is 3. The lowest BCUT2D eigenvalue weighted by atomic mass is 10.1. The summed E-state index contributed by atoms with van der Waals surface area (Å²) in [6.07, 6.45) is 1.47. The summed E-state index contributed by atoms with van der Waals surface area (Å²) in [6, 6.07) is 19.8. The number of amides is 1. The number of anilines is 1. The molecule has 0 unspecified atom stereocenters. The summed E-state index contributed by atoms with van der Waals surface area (Å²) in [7, 11) is 1.63. The lowest BCUT2D eigenvalue weighted by Crippen LogP contribution is -2.21. The third kappa shape index (κ3) is 6.82. The maximum absolute atomic E-state index is 12.5. The lowest BCUT2D eigenvalue weighted by Gasteiger charge is -2.12. The van der Waals surface area contributed by atoms with Crippen LogP contribution in [0.1, 0.15) is 17.0 Å². The van der Waals surface area contributed by atoms with Gasteiger partial charge in [0, 0.05) is 25.0 Å². The molecule has 0 radical (unpaired) electrons. The molecule has 0 aliphatic rings. The fraction of sp³-hybridized carbons (Fsp3) is 0.222. The van der Waals surface area contributed by atoms with E-state index in [0.717, 1.165) is 17.0 Å². The van der Waals surface area contributed by atoms with Gasteiger partial charge in [-0.3, -0.25) is 4.79 Å². The van der Waals surface area contributed by atoms with Crippen LogP contribution < -0.4 is 10.1 Å². The summed E-state index contributed by atoms with van der Waals surface area (Å²) in [6.45, 7) is 4.49. The van der Waals surface area contributed by atoms with Gasteiger partial charge < -0.3 is 24.1 Å². The molecule has 0 aliphatic carbocycles. The fourth-order valence-corrected chi connectivity index (χ4v) is 3.46. The molecule has 8 nitrogen and oxygen atoms in total. The van der Waals surface area contributed by atoms with Gasteiger partial charge in [-0.05, 0) is 55.8 Å². The van der Waals surface area contributed by atoms with E-state index < -0.39 is 18.5 Å². The maximum atomic E-state index is 12.5. The highest BCUT2D eigenvalue weighted by Crippen LogP contribution is 2.29. The predicted octanol–water partition coefficient (Wildman–Crippen LogP) is 4.63. The van der Waals surface area contributed by atoms with E-state index >= 15 is 0 Å². The highest BCUT2D eigenvalue weighted by molar-refractivity contribution is 6.00. The number of nitriles is 1. The minimum Gasteiger partial charge on any atom is -0.455 e. The number of hydrogen-bond acceptors (Lipinski definition) is 6. The normalized spacial score (nSPS) is 11.0. The van der Waals surface area contributed by atoms with E-state index in [4.69, 9.17) is 14.2 Å². The molecular weight excluding hydrogens is 446 g/mol. The van der Waals surface area contributed by atoms with Crippen molar-refractivity contribution in [3.05, 3.63) is 83.2 Å². The van der Waals surface area contributed by atoms with Gasteiger partial charge in [0.1, 0.15) is 17.4 Å². The molecule has 2 aromatic carbocycles. The van der Waals surface area contributed by atoms with Gasteiger partial charge >= 0.3 is 5.97 Å². The Kier molecular flexibility index (Phi) is 8.82. The topological polar surface area (TPSA) is 103 Å². The first-order valence-electron chi connectivity index (χ1n) is 11.0. The summed E-state index contributed by atoms with van der Waals surface area (Å²) in [5, 5.41) is 12.2. The van der Waals surface area contributed by atoms with E-state index in [9.17, 15) is 14.9 Å². The molecule has 0 spiro atoms. The molecular formula is C27H27N3O5. The van der Waals surface area contributed by atoms with Crippen LogP contribution in [0.2, 0.25) is 0 Å². The molecule has 0 bridgehead atoms. The quantitative estimate of drug-likeness (QED) is 0.262. The number of aryl methyl sites for hydroxylation is 1. The molecule has 0 aliphatic heterocycles. The Bertz CT molecular complexity index is 1260. The number of carbonyl (C=O) groups excluding carboxylic acids is 2. The molecule has 1 N–H and O–H groups in total. The second-order valence-electron chi connectivity index (χ2n) is 7.68. The zero-order chi connectivity index (χ0) is 25.2. The van der Waals surface area contributed by atoms with Gasteiger partial charge in [-0.2, -0.15) is 5.26 Å². The SMILES string of the molecule is COCCn1c(C)cc(/C=C(\C#N)C(=O)OCC(=O)Nc2ccccc2Oc2ccccc2)c1C. The standard InChI is InChI=1S/C27H27N3O5/c1-19-15-21(20(2)30(19)13-14-33-3)16-22(17-28)27(32)34-18-26(31)29-24-11-7-8-12-25(24)35-23-9-5-4-6-10-23/h4-12,15-16H,13-14,18H2,1-3H3,(H,29,31)/b22-16+. The number of para-hydroxylation sites is 3. The summed E-state index contributed by atoms with van der Waals surface area (Å²) >= 11 is 0. The minimum atomic E-state index is -0.877. The van der Waals surface area contributed by atoms with E-state index in [1.165, 1.54) is 6.08 Å². The molecule has 35 heavy (non-hydrogen) atoms. The minimum absolute atomic E-state index is 0.197. The number of carbonyl (C=O) groups is 2. The van der Waals surface area contributed by atoms with Crippen molar-refractivity contribution in [2.24, 2.45) is 0 Å². The van der Waals surface area contributed by atoms with Crippen molar-refractivity contribution in [2.75, 3.05) is 25.6 Å². The third-order valence-corrected chi connectivity index (χ3v) is 5.24. The number of rotatable bonds is 10. The zero-order valence-electron chi connectivity index (χ0n) is 19.9. The van der Waals surface area contributed by atoms with Crippen molar-refractivity contribution in [1.82, 2.24) is 4.57 Å². The van der Waals surface area contributed by atoms with Gasteiger partial charge in [0.2, 0.25) is 0 Å². The van der Waals surface area contributed by atoms with Crippen molar-refractivity contribution in [2.45, 2.75) is 20.4 Å². The third-order valence-electron chi connectivity index (χ3n) is 5.24. The second kappa shape index (κ2) is 12.2. The first kappa shape index (κ1) is 25.3. The largest absolute Gasteiger partial charge is 0.455 e. The molecule has 0 saturated heterocycles. The average Bonchev–Trinajstić information content (AvgIpc) is 3.13. The van der Waals surface area contributed by atoms with Gasteiger partial charge in [-0.25, -0.2) is 4.79 Å². The molecule has 8 heteroatoms. The Morgan fingerprint density at radius 3 is 2.51 bits per heavy atom. The van der Waals surface area contributed by atoms with Crippen LogP contribution in [0.5, 0.6) is 11.5 Å². The van der Waals surface area contributed by atoms with Crippen LogP contribution in [-0.4, -0.2) is 36.8 Å². The van der Waals surface area contributed by atoms with E-state index in [-0.39, 0.29) is 5.57 Å². The van der Waals surface area contributed by atoms with E-state index in [1.807, 2.05) is 48.7 Å². The van der Waals surface area contributed by atoms with Crippen molar-refractivity contribution in [3.8, 4) is 17.6 Å². The predicted molar refractivity (Wildman–Crippen MR) is 132 cm³/mol. The Labute approximate surface area is 204 Å². The van der Waals surface area contributed by atoms with Crippen molar-refractivity contribution < 1.29 is 23.8 Å². The van der Waals surface area contributed by atoms with Crippen molar-refractivity contribution in [1.29, 1.82) is 5.26 Å². The van der Waals surface area contributed by atoms with Gasteiger partial charge in [0.25, 0.3) is 5.91 Å².